The summed E-state index contributed by atoms with van der Waals surface area (Å²) >= 11 is 1.28. The lowest BCUT2D eigenvalue weighted by atomic mass is 10.1. The first-order valence-electron chi connectivity index (χ1n) is 8.51. The highest BCUT2D eigenvalue weighted by Crippen LogP contribution is 2.18. The number of hydrogen-bond acceptors (Lipinski definition) is 5. The van der Waals surface area contributed by atoms with Gasteiger partial charge in [0.1, 0.15) is 0 Å². The third kappa shape index (κ3) is 5.24. The molecule has 0 aliphatic carbocycles. The molecule has 1 N–H and O–H groups in total. The van der Waals surface area contributed by atoms with Crippen LogP contribution in [-0.4, -0.2) is 24.3 Å². The van der Waals surface area contributed by atoms with Gasteiger partial charge in [-0.05, 0) is 28.5 Å². The Bertz CT molecular complexity index is 993. The first-order chi connectivity index (χ1) is 13.0. The van der Waals surface area contributed by atoms with Crippen LogP contribution in [0, 0.1) is 0 Å². The third-order valence-electron chi connectivity index (χ3n) is 3.97. The Kier molecular flexibility index (Phi) is 5.98. The van der Waals surface area contributed by atoms with E-state index in [0.717, 1.165) is 21.2 Å². The standard InChI is InChI=1S/C21H19NO4S/c1-14(23)22-12-18-8-9-20(27-18)19(24)13-26-21(25)11-15-6-7-16-4-2-3-5-17(16)10-15/h2-10H,11-13H2,1H3,(H,22,23). The maximum atomic E-state index is 12.2. The number of ether oxygens (including phenoxy) is 1. The van der Waals surface area contributed by atoms with Crippen LogP contribution in [0.3, 0.4) is 0 Å². The van der Waals surface area contributed by atoms with E-state index in [4.69, 9.17) is 4.74 Å². The molecule has 27 heavy (non-hydrogen) atoms. The molecule has 1 heterocycles. The largest absolute Gasteiger partial charge is 0.457 e. The second-order valence-electron chi connectivity index (χ2n) is 6.12. The number of amides is 1. The fourth-order valence-corrected chi connectivity index (χ4v) is 3.49. The highest BCUT2D eigenvalue weighted by molar-refractivity contribution is 7.14. The van der Waals surface area contributed by atoms with E-state index in [1.807, 2.05) is 42.5 Å². The average Bonchev–Trinajstić information content (AvgIpc) is 3.13. The second kappa shape index (κ2) is 8.60. The summed E-state index contributed by atoms with van der Waals surface area (Å²) < 4.78 is 5.13. The molecule has 0 aliphatic heterocycles. The van der Waals surface area contributed by atoms with Crippen LogP contribution >= 0.6 is 11.3 Å². The Balaban J connectivity index is 1.52. The molecular weight excluding hydrogens is 362 g/mol. The molecule has 0 saturated carbocycles. The van der Waals surface area contributed by atoms with Crippen LogP contribution in [0.1, 0.15) is 27.0 Å². The Labute approximate surface area is 161 Å². The van der Waals surface area contributed by atoms with Crippen LogP contribution in [0.5, 0.6) is 0 Å². The lowest BCUT2D eigenvalue weighted by Crippen LogP contribution is -2.18. The van der Waals surface area contributed by atoms with E-state index in [1.54, 1.807) is 12.1 Å². The number of benzene rings is 2. The summed E-state index contributed by atoms with van der Waals surface area (Å²) in [5, 5.41) is 4.85. The van der Waals surface area contributed by atoms with Gasteiger partial charge in [0.15, 0.2) is 6.61 Å². The highest BCUT2D eigenvalue weighted by Gasteiger charge is 2.13. The minimum Gasteiger partial charge on any atom is -0.457 e. The van der Waals surface area contributed by atoms with Gasteiger partial charge in [0.25, 0.3) is 0 Å². The molecule has 1 amide bonds. The molecule has 1 aromatic heterocycles. The maximum Gasteiger partial charge on any atom is 0.310 e. The van der Waals surface area contributed by atoms with Crippen molar-refractivity contribution >= 4 is 39.8 Å². The van der Waals surface area contributed by atoms with E-state index in [2.05, 4.69) is 5.32 Å². The van der Waals surface area contributed by atoms with Gasteiger partial charge in [0.05, 0.1) is 17.8 Å². The van der Waals surface area contributed by atoms with Gasteiger partial charge in [0, 0.05) is 11.8 Å². The van der Waals surface area contributed by atoms with Crippen molar-refractivity contribution in [2.75, 3.05) is 6.61 Å². The predicted molar refractivity (Wildman–Crippen MR) is 105 cm³/mol. The van der Waals surface area contributed by atoms with Crippen LogP contribution < -0.4 is 5.32 Å². The van der Waals surface area contributed by atoms with Crippen molar-refractivity contribution in [2.45, 2.75) is 19.9 Å². The first-order valence-corrected chi connectivity index (χ1v) is 9.32. The van der Waals surface area contributed by atoms with Crippen molar-refractivity contribution in [1.82, 2.24) is 5.32 Å². The zero-order chi connectivity index (χ0) is 19.2. The van der Waals surface area contributed by atoms with E-state index in [-0.39, 0.29) is 24.7 Å². The lowest BCUT2D eigenvalue weighted by molar-refractivity contribution is -0.141. The summed E-state index contributed by atoms with van der Waals surface area (Å²) in [4.78, 5) is 36.5. The monoisotopic (exact) mass is 381 g/mol. The van der Waals surface area contributed by atoms with Gasteiger partial charge in [-0.15, -0.1) is 11.3 Å². The zero-order valence-electron chi connectivity index (χ0n) is 14.9. The van der Waals surface area contributed by atoms with Gasteiger partial charge < -0.3 is 10.1 Å². The molecule has 0 aliphatic rings. The zero-order valence-corrected chi connectivity index (χ0v) is 15.7. The van der Waals surface area contributed by atoms with Crippen molar-refractivity contribution in [2.24, 2.45) is 0 Å². The summed E-state index contributed by atoms with van der Waals surface area (Å²) in [5.74, 6) is -0.812. The molecule has 3 aromatic rings. The summed E-state index contributed by atoms with van der Waals surface area (Å²) in [6, 6.07) is 17.2. The van der Waals surface area contributed by atoms with Gasteiger partial charge in [-0.1, -0.05) is 42.5 Å². The van der Waals surface area contributed by atoms with Crippen molar-refractivity contribution in [3.05, 3.63) is 69.9 Å². The van der Waals surface area contributed by atoms with Gasteiger partial charge in [0.2, 0.25) is 11.7 Å². The number of nitrogens with one attached hydrogen (secondary N) is 1. The number of carbonyl (C=O) groups excluding carboxylic acids is 3. The maximum absolute atomic E-state index is 12.2. The summed E-state index contributed by atoms with van der Waals surface area (Å²) in [5.41, 5.74) is 0.847. The molecule has 0 saturated heterocycles. The van der Waals surface area contributed by atoms with E-state index >= 15 is 0 Å². The topological polar surface area (TPSA) is 72.5 Å². The fraction of sp³-hybridized carbons (Fsp3) is 0.190. The Morgan fingerprint density at radius 3 is 2.56 bits per heavy atom. The number of esters is 1. The van der Waals surface area contributed by atoms with Gasteiger partial charge in [-0.2, -0.15) is 0 Å². The Morgan fingerprint density at radius 1 is 1.00 bits per heavy atom. The molecule has 3 rings (SSSR count). The number of hydrogen-bond donors (Lipinski definition) is 1. The summed E-state index contributed by atoms with van der Waals surface area (Å²) in [7, 11) is 0. The number of rotatable bonds is 7. The number of carbonyl (C=O) groups is 3. The molecule has 0 fully saturated rings. The molecule has 5 nitrogen and oxygen atoms in total. The van der Waals surface area contributed by atoms with Gasteiger partial charge >= 0.3 is 5.97 Å². The van der Waals surface area contributed by atoms with Crippen LogP contribution in [0.2, 0.25) is 0 Å². The lowest BCUT2D eigenvalue weighted by Gasteiger charge is -2.05. The Hall–Kier alpha value is -2.99. The van der Waals surface area contributed by atoms with Crippen molar-refractivity contribution in [3.8, 4) is 0 Å². The Morgan fingerprint density at radius 2 is 1.78 bits per heavy atom. The summed E-state index contributed by atoms with van der Waals surface area (Å²) in [6.45, 7) is 1.54. The number of Topliss-reactive ketones (excluding diaryl/α,β-unsaturated/α-hetero) is 1. The SMILES string of the molecule is CC(=O)NCc1ccc(C(=O)COC(=O)Cc2ccc3ccccc3c2)s1. The van der Waals surface area contributed by atoms with Crippen LogP contribution in [0.15, 0.2) is 54.6 Å². The predicted octanol–water partition coefficient (Wildman–Crippen LogP) is 3.51. The fourth-order valence-electron chi connectivity index (χ4n) is 2.62. The molecule has 0 atom stereocenters. The van der Waals surface area contributed by atoms with Crippen LogP contribution in [0.25, 0.3) is 10.8 Å². The molecule has 2 aromatic carbocycles. The smallest absolute Gasteiger partial charge is 0.310 e. The minimum absolute atomic E-state index is 0.121. The van der Waals surface area contributed by atoms with Crippen molar-refractivity contribution in [1.29, 1.82) is 0 Å². The minimum atomic E-state index is -0.436. The summed E-state index contributed by atoms with van der Waals surface area (Å²) in [6.07, 6.45) is 0.121. The van der Waals surface area contributed by atoms with Crippen molar-refractivity contribution < 1.29 is 19.1 Å². The van der Waals surface area contributed by atoms with E-state index in [1.165, 1.54) is 18.3 Å². The van der Waals surface area contributed by atoms with E-state index in [9.17, 15) is 14.4 Å². The number of fused-ring (bicyclic) bond motifs is 1. The number of thiophene rings is 1. The second-order valence-corrected chi connectivity index (χ2v) is 7.29. The molecule has 138 valence electrons. The molecule has 0 bridgehead atoms. The van der Waals surface area contributed by atoms with Crippen molar-refractivity contribution in [3.63, 3.8) is 0 Å². The van der Waals surface area contributed by atoms with Crippen LogP contribution in [-0.2, 0) is 27.3 Å². The van der Waals surface area contributed by atoms with Gasteiger partial charge in [-0.3, -0.25) is 14.4 Å². The molecule has 0 radical (unpaired) electrons. The normalized spacial score (nSPS) is 10.6. The third-order valence-corrected chi connectivity index (χ3v) is 5.10. The molecule has 0 spiro atoms. The van der Waals surface area contributed by atoms with E-state index < -0.39 is 5.97 Å². The van der Waals surface area contributed by atoms with E-state index in [0.29, 0.717) is 11.4 Å². The molecular formula is C21H19NO4S. The number of ketones is 1. The highest BCUT2D eigenvalue weighted by atomic mass is 32.1. The molecule has 0 unspecified atom stereocenters. The van der Waals surface area contributed by atoms with Gasteiger partial charge in [-0.25, -0.2) is 0 Å². The molecule has 6 heteroatoms. The van der Waals surface area contributed by atoms with Crippen LogP contribution in [0.4, 0.5) is 0 Å². The quantitative estimate of drug-likeness (QED) is 0.502. The average molecular weight is 381 g/mol. The first kappa shape index (κ1) is 18.8.